The molecule has 0 saturated carbocycles. The van der Waals surface area contributed by atoms with Crippen molar-refractivity contribution in [3.63, 3.8) is 0 Å². The minimum atomic E-state index is -0.556. The molecule has 0 fully saturated rings. The first-order chi connectivity index (χ1) is 10.7. The predicted molar refractivity (Wildman–Crippen MR) is 90.1 cm³/mol. The number of para-hydroxylation sites is 1. The minimum Gasteiger partial charge on any atom is -0.484 e. The van der Waals surface area contributed by atoms with Crippen LogP contribution in [0.1, 0.15) is 6.42 Å². The van der Waals surface area contributed by atoms with Gasteiger partial charge in [-0.15, -0.1) is 6.58 Å². The largest absolute Gasteiger partial charge is 0.484 e. The van der Waals surface area contributed by atoms with Crippen molar-refractivity contribution in [2.75, 3.05) is 25.2 Å². The number of nitrogens with one attached hydrogen (secondary N) is 2. The molecule has 6 heteroatoms. The van der Waals surface area contributed by atoms with Gasteiger partial charge in [-0.25, -0.2) is 0 Å². The molecule has 1 aromatic carbocycles. The molecule has 22 heavy (non-hydrogen) atoms. The smallest absolute Gasteiger partial charge is 0.258 e. The molecule has 2 N–H and O–H groups in total. The van der Waals surface area contributed by atoms with Crippen LogP contribution in [0.3, 0.4) is 0 Å². The van der Waals surface area contributed by atoms with E-state index in [1.807, 2.05) is 24.5 Å². The van der Waals surface area contributed by atoms with E-state index < -0.39 is 6.04 Å². The van der Waals surface area contributed by atoms with Crippen LogP contribution in [0.4, 0.5) is 0 Å². The van der Waals surface area contributed by atoms with Gasteiger partial charge in [-0.3, -0.25) is 9.59 Å². The van der Waals surface area contributed by atoms with Crippen LogP contribution >= 0.6 is 11.8 Å². The van der Waals surface area contributed by atoms with Gasteiger partial charge in [0, 0.05) is 6.54 Å². The molecule has 1 atom stereocenters. The fourth-order valence-corrected chi connectivity index (χ4v) is 2.17. The Bertz CT molecular complexity index is 480. The van der Waals surface area contributed by atoms with E-state index >= 15 is 0 Å². The fourth-order valence-electron chi connectivity index (χ4n) is 1.70. The van der Waals surface area contributed by atoms with Crippen molar-refractivity contribution in [1.29, 1.82) is 0 Å². The zero-order valence-electron chi connectivity index (χ0n) is 12.7. The van der Waals surface area contributed by atoms with Gasteiger partial charge in [-0.05, 0) is 30.6 Å². The second kappa shape index (κ2) is 10.7. The van der Waals surface area contributed by atoms with Gasteiger partial charge in [0.05, 0.1) is 0 Å². The first-order valence-electron chi connectivity index (χ1n) is 7.02. The second-order valence-corrected chi connectivity index (χ2v) is 5.52. The summed E-state index contributed by atoms with van der Waals surface area (Å²) in [5.74, 6) is 0.881. The lowest BCUT2D eigenvalue weighted by Crippen LogP contribution is -2.48. The molecule has 2 amide bonds. The summed E-state index contributed by atoms with van der Waals surface area (Å²) in [7, 11) is 0. The monoisotopic (exact) mass is 322 g/mol. The standard InChI is InChI=1S/C16H22N2O3S/c1-3-10-17-16(20)14(9-11-22-2)18-15(19)12-21-13-7-5-4-6-8-13/h3-8,14H,1,9-12H2,2H3,(H,17,20)(H,18,19)/t14-/m0/s1. The molecule has 1 aromatic rings. The van der Waals surface area contributed by atoms with Gasteiger partial charge in [-0.1, -0.05) is 24.3 Å². The zero-order chi connectivity index (χ0) is 16.2. The summed E-state index contributed by atoms with van der Waals surface area (Å²) in [6.45, 7) is 3.82. The van der Waals surface area contributed by atoms with E-state index in [9.17, 15) is 9.59 Å². The van der Waals surface area contributed by atoms with Crippen molar-refractivity contribution in [3.8, 4) is 5.75 Å². The first-order valence-corrected chi connectivity index (χ1v) is 8.41. The molecule has 0 heterocycles. The Balaban J connectivity index is 2.47. The summed E-state index contributed by atoms with van der Waals surface area (Å²) in [6.07, 6.45) is 4.13. The topological polar surface area (TPSA) is 67.4 Å². The average Bonchev–Trinajstić information content (AvgIpc) is 2.55. The molecular weight excluding hydrogens is 300 g/mol. The number of ether oxygens (including phenoxy) is 1. The highest BCUT2D eigenvalue weighted by molar-refractivity contribution is 7.98. The Labute approximate surface area is 135 Å². The third-order valence-electron chi connectivity index (χ3n) is 2.80. The summed E-state index contributed by atoms with van der Waals surface area (Å²) in [5.41, 5.74) is 0. The Morgan fingerprint density at radius 2 is 2.09 bits per heavy atom. The number of carbonyl (C=O) groups excluding carboxylic acids is 2. The van der Waals surface area contributed by atoms with Gasteiger partial charge in [0.2, 0.25) is 5.91 Å². The molecule has 5 nitrogen and oxygen atoms in total. The van der Waals surface area contributed by atoms with Gasteiger partial charge < -0.3 is 15.4 Å². The summed E-state index contributed by atoms with van der Waals surface area (Å²) < 4.78 is 5.37. The molecular formula is C16H22N2O3S. The predicted octanol–water partition coefficient (Wildman–Crippen LogP) is 1.61. The summed E-state index contributed by atoms with van der Waals surface area (Å²) >= 11 is 1.63. The first kappa shape index (κ1) is 18.1. The molecule has 0 aliphatic rings. The number of thioether (sulfide) groups is 1. The number of hydrogen-bond donors (Lipinski definition) is 2. The van der Waals surface area contributed by atoms with Crippen LogP contribution in [0.2, 0.25) is 0 Å². The number of carbonyl (C=O) groups is 2. The van der Waals surface area contributed by atoms with Gasteiger partial charge >= 0.3 is 0 Å². The van der Waals surface area contributed by atoms with Crippen molar-refractivity contribution in [2.45, 2.75) is 12.5 Å². The van der Waals surface area contributed by atoms with E-state index in [-0.39, 0.29) is 18.4 Å². The van der Waals surface area contributed by atoms with Crippen molar-refractivity contribution in [3.05, 3.63) is 43.0 Å². The van der Waals surface area contributed by atoms with E-state index in [0.717, 1.165) is 5.75 Å². The molecule has 0 unspecified atom stereocenters. The summed E-state index contributed by atoms with van der Waals surface area (Å²) in [5, 5.41) is 5.41. The second-order valence-electron chi connectivity index (χ2n) is 4.54. The normalized spacial score (nSPS) is 11.3. The van der Waals surface area contributed by atoms with Crippen molar-refractivity contribution < 1.29 is 14.3 Å². The van der Waals surface area contributed by atoms with Gasteiger partial charge in [0.1, 0.15) is 11.8 Å². The molecule has 0 aliphatic heterocycles. The minimum absolute atomic E-state index is 0.117. The lowest BCUT2D eigenvalue weighted by Gasteiger charge is -2.17. The Kier molecular flexibility index (Phi) is 8.83. The third kappa shape index (κ3) is 7.17. The molecule has 0 aliphatic carbocycles. The average molecular weight is 322 g/mol. The Morgan fingerprint density at radius 1 is 1.36 bits per heavy atom. The summed E-state index contributed by atoms with van der Waals surface area (Å²) in [6, 6.07) is 8.52. The zero-order valence-corrected chi connectivity index (χ0v) is 13.5. The van der Waals surface area contributed by atoms with Gasteiger partial charge in [0.25, 0.3) is 5.91 Å². The molecule has 120 valence electrons. The maximum Gasteiger partial charge on any atom is 0.258 e. The highest BCUT2D eigenvalue weighted by atomic mass is 32.2. The maximum atomic E-state index is 12.0. The lowest BCUT2D eigenvalue weighted by atomic mass is 10.2. The number of amides is 2. The van der Waals surface area contributed by atoms with Crippen molar-refractivity contribution >= 4 is 23.6 Å². The Morgan fingerprint density at radius 3 is 2.73 bits per heavy atom. The van der Waals surface area contributed by atoms with Crippen molar-refractivity contribution in [2.24, 2.45) is 0 Å². The number of hydrogen-bond acceptors (Lipinski definition) is 4. The Hall–Kier alpha value is -1.95. The van der Waals surface area contributed by atoms with Crippen LogP contribution in [0.15, 0.2) is 43.0 Å². The van der Waals surface area contributed by atoms with Crippen LogP contribution in [0.25, 0.3) is 0 Å². The van der Waals surface area contributed by atoms with E-state index in [0.29, 0.717) is 18.7 Å². The lowest BCUT2D eigenvalue weighted by molar-refractivity contribution is -0.129. The van der Waals surface area contributed by atoms with Crippen LogP contribution < -0.4 is 15.4 Å². The van der Waals surface area contributed by atoms with E-state index in [1.54, 1.807) is 30.0 Å². The maximum absolute atomic E-state index is 12.0. The molecule has 0 spiro atoms. The summed E-state index contributed by atoms with van der Waals surface area (Å²) in [4.78, 5) is 23.9. The van der Waals surface area contributed by atoms with Gasteiger partial charge in [-0.2, -0.15) is 11.8 Å². The molecule has 0 radical (unpaired) electrons. The van der Waals surface area contributed by atoms with Crippen LogP contribution in [0.5, 0.6) is 5.75 Å². The van der Waals surface area contributed by atoms with Crippen molar-refractivity contribution in [1.82, 2.24) is 10.6 Å². The van der Waals surface area contributed by atoms with Gasteiger partial charge in [0.15, 0.2) is 6.61 Å². The highest BCUT2D eigenvalue weighted by Crippen LogP contribution is 2.08. The SMILES string of the molecule is C=CCNC(=O)[C@H](CCSC)NC(=O)COc1ccccc1. The molecule has 0 aromatic heterocycles. The van der Waals surface area contributed by atoms with E-state index in [1.165, 1.54) is 0 Å². The number of rotatable bonds is 10. The third-order valence-corrected chi connectivity index (χ3v) is 3.44. The molecule has 0 saturated heterocycles. The van der Waals surface area contributed by atoms with Crippen LogP contribution in [-0.4, -0.2) is 43.0 Å². The van der Waals surface area contributed by atoms with E-state index in [2.05, 4.69) is 17.2 Å². The van der Waals surface area contributed by atoms with Crippen LogP contribution in [-0.2, 0) is 9.59 Å². The van der Waals surface area contributed by atoms with E-state index in [4.69, 9.17) is 4.74 Å². The number of benzene rings is 1. The quantitative estimate of drug-likeness (QED) is 0.642. The molecule has 0 bridgehead atoms. The highest BCUT2D eigenvalue weighted by Gasteiger charge is 2.19. The fraction of sp³-hybridized carbons (Fsp3) is 0.375. The van der Waals surface area contributed by atoms with Crippen LogP contribution in [0, 0.1) is 0 Å². The molecule has 1 rings (SSSR count).